The Balaban J connectivity index is 0. The van der Waals surface area contributed by atoms with E-state index in [1.54, 1.807) is 0 Å². The third-order valence-electron chi connectivity index (χ3n) is 0.958. The van der Waals surface area contributed by atoms with E-state index in [1.807, 2.05) is 0 Å². The van der Waals surface area contributed by atoms with E-state index < -0.39 is 30.4 Å². The third kappa shape index (κ3) is 6.60. The minimum Gasteiger partial charge on any atom is -0.481 e. The van der Waals surface area contributed by atoms with Gasteiger partial charge in [0.25, 0.3) is 0 Å². The Morgan fingerprint density at radius 2 is 1.77 bits per heavy atom. The van der Waals surface area contributed by atoms with Crippen molar-refractivity contribution < 1.29 is 19.8 Å². The van der Waals surface area contributed by atoms with Gasteiger partial charge in [0, 0.05) is 0 Å². The summed E-state index contributed by atoms with van der Waals surface area (Å²) in [5.41, 5.74) is 9.76. The molecule has 0 radical (unpaired) electrons. The predicted octanol–water partition coefficient (Wildman–Crippen LogP) is -1.18. The molecule has 0 aliphatic carbocycles. The maximum absolute atomic E-state index is 10.3. The third-order valence-corrected chi connectivity index (χ3v) is 0.958. The lowest BCUT2D eigenvalue weighted by Crippen LogP contribution is -2.30. The van der Waals surface area contributed by atoms with E-state index in [1.165, 1.54) is 0 Å². The van der Waals surface area contributed by atoms with Gasteiger partial charge in [-0.05, 0) is 0 Å². The van der Waals surface area contributed by atoms with E-state index >= 15 is 0 Å². The fourth-order valence-electron chi connectivity index (χ4n) is 0.534. The van der Waals surface area contributed by atoms with Crippen molar-refractivity contribution in [1.82, 2.24) is 0 Å². The number of aliphatic imine (C=N–C) groups is 1. The smallest absolute Gasteiger partial charge is 0.329 e. The zero-order chi connectivity index (χ0) is 9.72. The molecule has 13 heavy (non-hydrogen) atoms. The molecule has 7 nitrogen and oxygen atoms in total. The second kappa shape index (κ2) is 5.81. The number of rotatable bonds is 4. The summed E-state index contributed by atoms with van der Waals surface area (Å²) in [7, 11) is 0. The van der Waals surface area contributed by atoms with Gasteiger partial charge in [-0.15, -0.1) is 0 Å². The molecule has 7 heteroatoms. The predicted molar refractivity (Wildman–Crippen MR) is 46.2 cm³/mol. The lowest BCUT2D eigenvalue weighted by molar-refractivity contribution is -0.144. The van der Waals surface area contributed by atoms with Crippen LogP contribution >= 0.6 is 0 Å². The van der Waals surface area contributed by atoms with Gasteiger partial charge in [-0.2, -0.15) is 0 Å². The highest BCUT2D eigenvalue weighted by molar-refractivity contribution is 5.85. The first kappa shape index (κ1) is 13.8. The van der Waals surface area contributed by atoms with Crippen molar-refractivity contribution in [3.8, 4) is 0 Å². The van der Waals surface area contributed by atoms with Crippen LogP contribution in [0.25, 0.3) is 0 Å². The molecule has 0 heterocycles. The minimum absolute atomic E-state index is 0. The normalized spacial score (nSPS) is 10.8. The Kier molecular flexibility index (Phi) is 6.16. The van der Waals surface area contributed by atoms with Crippen LogP contribution in [0.2, 0.25) is 0 Å². The van der Waals surface area contributed by atoms with Crippen LogP contribution in [-0.4, -0.2) is 34.2 Å². The number of carboxylic acids is 2. The average Bonchev–Trinajstić information content (AvgIpc) is 1.83. The van der Waals surface area contributed by atoms with E-state index in [4.69, 9.17) is 21.7 Å². The molecule has 76 valence electrons. The number of nitrogens with zero attached hydrogens (tertiary/aromatic N) is 1. The second-order valence-electron chi connectivity index (χ2n) is 2.01. The van der Waals surface area contributed by atoms with Crippen LogP contribution in [0.15, 0.2) is 4.99 Å². The average molecular weight is 191 g/mol. The minimum atomic E-state index is -1.41. The summed E-state index contributed by atoms with van der Waals surface area (Å²) in [4.78, 5) is 23.6. The molecule has 0 unspecified atom stereocenters. The SMILES string of the molecule is C.NC(N)=N[C@@H](CC(=O)O)C(=O)O. The molecule has 6 N–H and O–H groups in total. The largest absolute Gasteiger partial charge is 0.481 e. The van der Waals surface area contributed by atoms with Crippen molar-refractivity contribution in [1.29, 1.82) is 0 Å². The summed E-state index contributed by atoms with van der Waals surface area (Å²) in [5, 5.41) is 16.6. The number of carbonyl (C=O) groups is 2. The fraction of sp³-hybridized carbons (Fsp3) is 0.500. The van der Waals surface area contributed by atoms with Crippen molar-refractivity contribution >= 4 is 17.9 Å². The first-order chi connectivity index (χ1) is 5.43. The summed E-state index contributed by atoms with van der Waals surface area (Å²) in [6.07, 6.45) is -0.632. The molecule has 0 saturated heterocycles. The first-order valence-corrected chi connectivity index (χ1v) is 2.97. The van der Waals surface area contributed by atoms with Gasteiger partial charge in [0.05, 0.1) is 6.42 Å². The van der Waals surface area contributed by atoms with Crippen LogP contribution < -0.4 is 11.5 Å². The number of carboxylic acid groups (broad SMARTS) is 2. The highest BCUT2D eigenvalue weighted by atomic mass is 16.4. The van der Waals surface area contributed by atoms with Crippen LogP contribution in [-0.2, 0) is 9.59 Å². The molecule has 0 spiro atoms. The number of guanidine groups is 1. The Hall–Kier alpha value is -1.79. The molecule has 0 aromatic rings. The summed E-state index contributed by atoms with van der Waals surface area (Å²) in [5.74, 6) is -3.08. The maximum atomic E-state index is 10.3. The topological polar surface area (TPSA) is 139 Å². The quantitative estimate of drug-likeness (QED) is 0.326. The van der Waals surface area contributed by atoms with Crippen molar-refractivity contribution in [3.63, 3.8) is 0 Å². The number of hydrogen-bond donors (Lipinski definition) is 4. The van der Waals surface area contributed by atoms with E-state index in [9.17, 15) is 9.59 Å². The van der Waals surface area contributed by atoms with Crippen LogP contribution in [0.3, 0.4) is 0 Å². The van der Waals surface area contributed by atoms with Gasteiger partial charge in [0.15, 0.2) is 12.0 Å². The molecule has 0 saturated carbocycles. The van der Waals surface area contributed by atoms with Gasteiger partial charge >= 0.3 is 11.9 Å². The molecular formula is C6H13N3O4. The van der Waals surface area contributed by atoms with Crippen molar-refractivity contribution in [2.75, 3.05) is 0 Å². The lowest BCUT2D eigenvalue weighted by atomic mass is 10.2. The standard InChI is InChI=1S/C5H9N3O4.CH4/c6-5(7)8-2(4(11)12)1-3(9)10;/h2H,1H2,(H,9,10)(H,11,12)(H4,6,7,8);1H4/t2-;/m0./s1. The van der Waals surface area contributed by atoms with Gasteiger partial charge in [-0.3, -0.25) is 4.79 Å². The summed E-state index contributed by atoms with van der Waals surface area (Å²) >= 11 is 0. The highest BCUT2D eigenvalue weighted by Gasteiger charge is 2.19. The fourth-order valence-corrected chi connectivity index (χ4v) is 0.534. The molecule has 0 aliphatic rings. The Labute approximate surface area is 75.1 Å². The van der Waals surface area contributed by atoms with Gasteiger partial charge in [-0.25, -0.2) is 9.79 Å². The maximum Gasteiger partial charge on any atom is 0.329 e. The van der Waals surface area contributed by atoms with Crippen molar-refractivity contribution in [2.24, 2.45) is 16.5 Å². The molecule has 0 bridgehead atoms. The van der Waals surface area contributed by atoms with Crippen LogP contribution in [0.5, 0.6) is 0 Å². The zero-order valence-corrected chi connectivity index (χ0v) is 6.10. The molecule has 0 aliphatic heterocycles. The number of aliphatic carboxylic acids is 2. The van der Waals surface area contributed by atoms with Crippen LogP contribution in [0.1, 0.15) is 13.8 Å². The van der Waals surface area contributed by atoms with Crippen molar-refractivity contribution in [3.05, 3.63) is 0 Å². The number of hydrogen-bond acceptors (Lipinski definition) is 3. The molecule has 0 aromatic carbocycles. The monoisotopic (exact) mass is 191 g/mol. The van der Waals surface area contributed by atoms with Gasteiger partial charge in [0.2, 0.25) is 0 Å². The number of nitrogens with two attached hydrogens (primary N) is 2. The van der Waals surface area contributed by atoms with Gasteiger partial charge in [-0.1, -0.05) is 7.43 Å². The Bertz CT molecular complexity index is 222. The molecule has 0 aromatic heterocycles. The van der Waals surface area contributed by atoms with E-state index in [0.29, 0.717) is 0 Å². The zero-order valence-electron chi connectivity index (χ0n) is 6.10. The summed E-state index contributed by atoms with van der Waals surface area (Å²) < 4.78 is 0. The Morgan fingerprint density at radius 1 is 1.31 bits per heavy atom. The first-order valence-electron chi connectivity index (χ1n) is 2.97. The molecule has 0 rings (SSSR count). The highest BCUT2D eigenvalue weighted by Crippen LogP contribution is 1.97. The van der Waals surface area contributed by atoms with Crippen molar-refractivity contribution in [2.45, 2.75) is 19.9 Å². The summed E-state index contributed by atoms with van der Waals surface area (Å²) in [6.45, 7) is 0. The van der Waals surface area contributed by atoms with Crippen LogP contribution in [0, 0.1) is 0 Å². The molecule has 1 atom stereocenters. The molecular weight excluding hydrogens is 178 g/mol. The van der Waals surface area contributed by atoms with E-state index in [-0.39, 0.29) is 7.43 Å². The van der Waals surface area contributed by atoms with Gasteiger partial charge in [0.1, 0.15) is 0 Å². The van der Waals surface area contributed by atoms with Crippen LogP contribution in [0.4, 0.5) is 0 Å². The molecule has 0 amide bonds. The van der Waals surface area contributed by atoms with Gasteiger partial charge < -0.3 is 21.7 Å². The van der Waals surface area contributed by atoms with E-state index in [2.05, 4.69) is 4.99 Å². The molecule has 0 fully saturated rings. The second-order valence-corrected chi connectivity index (χ2v) is 2.01. The lowest BCUT2D eigenvalue weighted by Gasteiger charge is -2.03. The summed E-state index contributed by atoms with van der Waals surface area (Å²) in [6, 6.07) is -1.41. The Morgan fingerprint density at radius 3 is 2.00 bits per heavy atom. The van der Waals surface area contributed by atoms with E-state index in [0.717, 1.165) is 0 Å².